The van der Waals surface area contributed by atoms with E-state index in [-0.39, 0.29) is 18.2 Å². The van der Waals surface area contributed by atoms with Gasteiger partial charge in [-0.2, -0.15) is 0 Å². The maximum Gasteiger partial charge on any atom is 0.221 e. The molecule has 1 aromatic rings. The Morgan fingerprint density at radius 1 is 1.24 bits per heavy atom. The van der Waals surface area contributed by atoms with E-state index in [1.807, 2.05) is 0 Å². The van der Waals surface area contributed by atoms with Crippen LogP contribution in [-0.2, 0) is 14.8 Å². The molecule has 1 rings (SSSR count). The molecule has 0 aliphatic carbocycles. The predicted molar refractivity (Wildman–Crippen MR) is 67.2 cm³/mol. The molecule has 0 aromatic heterocycles. The zero-order valence-electron chi connectivity index (χ0n) is 9.43. The molecule has 0 radical (unpaired) electrons. The third-order valence-electron chi connectivity index (χ3n) is 1.92. The van der Waals surface area contributed by atoms with Crippen molar-refractivity contribution in [1.29, 1.82) is 0 Å². The molecule has 4 N–H and O–H groups in total. The summed E-state index contributed by atoms with van der Waals surface area (Å²) in [6.45, 7) is 1.68. The van der Waals surface area contributed by atoms with Crippen LogP contribution >= 0.6 is 0 Å². The first-order chi connectivity index (χ1) is 7.87. The third kappa shape index (κ3) is 5.88. The van der Waals surface area contributed by atoms with E-state index in [1.165, 1.54) is 6.92 Å². The summed E-state index contributed by atoms with van der Waals surface area (Å²) in [5.41, 5.74) is 1.46. The molecule has 0 unspecified atom stereocenters. The number of rotatable bonds is 5. The van der Waals surface area contributed by atoms with Crippen LogP contribution in [0.4, 0.5) is 11.4 Å². The van der Waals surface area contributed by atoms with Crippen molar-refractivity contribution < 1.29 is 13.2 Å². The van der Waals surface area contributed by atoms with Crippen molar-refractivity contribution >= 4 is 27.3 Å². The molecule has 6 nitrogen and oxygen atoms in total. The van der Waals surface area contributed by atoms with Gasteiger partial charge in [0.25, 0.3) is 0 Å². The number of anilines is 2. The molecule has 1 amide bonds. The van der Waals surface area contributed by atoms with Crippen LogP contribution in [0, 0.1) is 0 Å². The Morgan fingerprint density at radius 2 is 1.76 bits per heavy atom. The van der Waals surface area contributed by atoms with E-state index in [4.69, 9.17) is 5.14 Å². The van der Waals surface area contributed by atoms with Crippen molar-refractivity contribution in [2.24, 2.45) is 5.14 Å². The van der Waals surface area contributed by atoms with Gasteiger partial charge in [-0.1, -0.05) is 0 Å². The number of primary sulfonamides is 1. The summed E-state index contributed by atoms with van der Waals surface area (Å²) in [4.78, 5) is 10.8. The second kappa shape index (κ2) is 5.65. The number of hydrogen-bond donors (Lipinski definition) is 3. The number of benzene rings is 1. The Balaban J connectivity index is 2.48. The van der Waals surface area contributed by atoms with E-state index in [1.54, 1.807) is 24.3 Å². The molecule has 0 aliphatic heterocycles. The van der Waals surface area contributed by atoms with Crippen molar-refractivity contribution in [1.82, 2.24) is 0 Å². The molecule has 0 fully saturated rings. The van der Waals surface area contributed by atoms with Gasteiger partial charge in [-0.3, -0.25) is 4.79 Å². The zero-order valence-corrected chi connectivity index (χ0v) is 10.3. The number of carbonyl (C=O) groups excluding carboxylic acids is 1. The maximum absolute atomic E-state index is 10.8. The van der Waals surface area contributed by atoms with Gasteiger partial charge in [-0.15, -0.1) is 0 Å². The van der Waals surface area contributed by atoms with Crippen LogP contribution in [0.15, 0.2) is 24.3 Å². The summed E-state index contributed by atoms with van der Waals surface area (Å²) in [7, 11) is -3.44. The van der Waals surface area contributed by atoms with E-state index in [2.05, 4.69) is 10.6 Å². The molecule has 0 saturated carbocycles. The average molecular weight is 257 g/mol. The highest BCUT2D eigenvalue weighted by Crippen LogP contribution is 2.13. The molecular formula is C10H15N3O3S. The number of nitrogens with one attached hydrogen (secondary N) is 2. The molecule has 0 heterocycles. The molecule has 7 heteroatoms. The average Bonchev–Trinajstić information content (AvgIpc) is 2.18. The summed E-state index contributed by atoms with van der Waals surface area (Å²) in [5, 5.41) is 10.4. The lowest BCUT2D eigenvalue weighted by molar-refractivity contribution is -0.114. The molecule has 0 saturated heterocycles. The first kappa shape index (κ1) is 13.5. The second-order valence-corrected chi connectivity index (χ2v) is 5.29. The summed E-state index contributed by atoms with van der Waals surface area (Å²) >= 11 is 0. The van der Waals surface area contributed by atoms with E-state index in [9.17, 15) is 13.2 Å². The van der Waals surface area contributed by atoms with Gasteiger partial charge < -0.3 is 10.6 Å². The minimum atomic E-state index is -3.44. The van der Waals surface area contributed by atoms with E-state index < -0.39 is 10.0 Å². The smallest absolute Gasteiger partial charge is 0.221 e. The van der Waals surface area contributed by atoms with Crippen LogP contribution in [0.1, 0.15) is 6.92 Å². The monoisotopic (exact) mass is 257 g/mol. The van der Waals surface area contributed by atoms with Gasteiger partial charge in [0, 0.05) is 24.8 Å². The third-order valence-corrected chi connectivity index (χ3v) is 2.69. The van der Waals surface area contributed by atoms with Gasteiger partial charge in [-0.25, -0.2) is 13.6 Å². The highest BCUT2D eigenvalue weighted by Gasteiger charge is 2.01. The SMILES string of the molecule is CC(=O)Nc1ccc(NCCS(N)(=O)=O)cc1. The molecule has 1 aromatic carbocycles. The van der Waals surface area contributed by atoms with Gasteiger partial charge in [0.1, 0.15) is 0 Å². The largest absolute Gasteiger partial charge is 0.384 e. The Bertz CT molecular complexity index is 482. The second-order valence-electron chi connectivity index (χ2n) is 3.55. The molecule has 0 atom stereocenters. The van der Waals surface area contributed by atoms with Crippen LogP contribution in [0.2, 0.25) is 0 Å². The molecular weight excluding hydrogens is 242 g/mol. The highest BCUT2D eigenvalue weighted by molar-refractivity contribution is 7.89. The number of hydrogen-bond acceptors (Lipinski definition) is 4. The van der Waals surface area contributed by atoms with E-state index in [0.29, 0.717) is 5.69 Å². The normalized spacial score (nSPS) is 10.9. The Kier molecular flexibility index (Phi) is 4.47. The van der Waals surface area contributed by atoms with Crippen molar-refractivity contribution in [3.05, 3.63) is 24.3 Å². The van der Waals surface area contributed by atoms with Crippen molar-refractivity contribution in [2.45, 2.75) is 6.92 Å². The zero-order chi connectivity index (χ0) is 12.9. The van der Waals surface area contributed by atoms with Crippen LogP contribution in [0.5, 0.6) is 0 Å². The Labute approximate surface area is 100 Å². The Morgan fingerprint density at radius 3 is 2.24 bits per heavy atom. The molecule has 94 valence electrons. The van der Waals surface area contributed by atoms with Crippen molar-refractivity contribution in [2.75, 3.05) is 22.9 Å². The lowest BCUT2D eigenvalue weighted by atomic mass is 10.3. The number of sulfonamides is 1. The van der Waals surface area contributed by atoms with E-state index in [0.717, 1.165) is 5.69 Å². The summed E-state index contributed by atoms with van der Waals surface area (Å²) in [6.07, 6.45) is 0. The maximum atomic E-state index is 10.8. The lowest BCUT2D eigenvalue weighted by Crippen LogP contribution is -2.22. The molecule has 0 spiro atoms. The summed E-state index contributed by atoms with van der Waals surface area (Å²) in [6, 6.07) is 6.93. The van der Waals surface area contributed by atoms with Gasteiger partial charge in [-0.05, 0) is 24.3 Å². The molecule has 0 aliphatic rings. The van der Waals surface area contributed by atoms with Crippen molar-refractivity contribution in [3.63, 3.8) is 0 Å². The summed E-state index contributed by atoms with van der Waals surface area (Å²) in [5.74, 6) is -0.264. The fourth-order valence-corrected chi connectivity index (χ4v) is 1.60. The van der Waals surface area contributed by atoms with Gasteiger partial charge in [0.05, 0.1) is 5.75 Å². The number of nitrogens with two attached hydrogens (primary N) is 1. The lowest BCUT2D eigenvalue weighted by Gasteiger charge is -2.07. The molecule has 17 heavy (non-hydrogen) atoms. The quantitative estimate of drug-likeness (QED) is 0.708. The first-order valence-electron chi connectivity index (χ1n) is 4.99. The predicted octanol–water partition coefficient (Wildman–Crippen LogP) is 0.345. The van der Waals surface area contributed by atoms with Gasteiger partial charge >= 0.3 is 0 Å². The highest BCUT2D eigenvalue weighted by atomic mass is 32.2. The minimum Gasteiger partial charge on any atom is -0.384 e. The fraction of sp³-hybridized carbons (Fsp3) is 0.300. The standard InChI is InChI=1S/C10H15N3O3S/c1-8(14)13-10-4-2-9(3-5-10)12-6-7-17(11,15)16/h2-5,12H,6-7H2,1H3,(H,13,14)(H2,11,15,16). The number of amides is 1. The van der Waals surface area contributed by atoms with Gasteiger partial charge in [0.15, 0.2) is 0 Å². The Hall–Kier alpha value is -1.60. The van der Waals surface area contributed by atoms with Crippen molar-refractivity contribution in [3.8, 4) is 0 Å². The topological polar surface area (TPSA) is 101 Å². The van der Waals surface area contributed by atoms with Crippen LogP contribution < -0.4 is 15.8 Å². The van der Waals surface area contributed by atoms with E-state index >= 15 is 0 Å². The minimum absolute atomic E-state index is 0.125. The number of carbonyl (C=O) groups is 1. The first-order valence-corrected chi connectivity index (χ1v) is 6.70. The molecule has 0 bridgehead atoms. The van der Waals surface area contributed by atoms with Gasteiger partial charge in [0.2, 0.25) is 15.9 Å². The van der Waals surface area contributed by atoms with Crippen LogP contribution in [0.25, 0.3) is 0 Å². The summed E-state index contributed by atoms with van der Waals surface area (Å²) < 4.78 is 21.4. The fourth-order valence-electron chi connectivity index (χ4n) is 1.21. The van der Waals surface area contributed by atoms with Crippen LogP contribution in [0.3, 0.4) is 0 Å². The van der Waals surface area contributed by atoms with Crippen LogP contribution in [-0.4, -0.2) is 26.6 Å².